The van der Waals surface area contributed by atoms with Crippen molar-refractivity contribution in [3.63, 3.8) is 0 Å². The van der Waals surface area contributed by atoms with Crippen molar-refractivity contribution in [3.8, 4) is 0 Å². The molecule has 0 saturated carbocycles. The number of hydrogen-bond donors (Lipinski definition) is 0. The second-order valence-electron chi connectivity index (χ2n) is 2.80. The smallest absolute Gasteiger partial charge is 0.194 e. The first kappa shape index (κ1) is 10.4. The standard InChI is InChI=1S/C10H7ClN3S/c1-7-4-6-13-10(14-7)15-9-8(11)3-2-5-12-9/h3-6H,1H3. The zero-order valence-corrected chi connectivity index (χ0v) is 9.51. The Morgan fingerprint density at radius 1 is 1.40 bits per heavy atom. The molecule has 0 spiro atoms. The van der Waals surface area contributed by atoms with Crippen molar-refractivity contribution in [1.29, 1.82) is 0 Å². The van der Waals surface area contributed by atoms with Crippen LogP contribution in [0.5, 0.6) is 0 Å². The number of halogens is 1. The lowest BCUT2D eigenvalue weighted by Crippen LogP contribution is -1.89. The van der Waals surface area contributed by atoms with E-state index in [0.29, 0.717) is 15.2 Å². The monoisotopic (exact) mass is 236 g/mol. The quantitative estimate of drug-likeness (QED) is 0.752. The number of pyridine rings is 1. The Morgan fingerprint density at radius 2 is 2.27 bits per heavy atom. The highest BCUT2D eigenvalue weighted by Gasteiger charge is 2.05. The van der Waals surface area contributed by atoms with Crippen molar-refractivity contribution in [3.05, 3.63) is 41.3 Å². The molecular formula is C10H7ClN3S. The minimum Gasteiger partial charge on any atom is -0.247 e. The largest absolute Gasteiger partial charge is 0.247 e. The van der Waals surface area contributed by atoms with Crippen molar-refractivity contribution >= 4 is 23.4 Å². The molecule has 0 atom stereocenters. The number of aryl methyl sites for hydroxylation is 1. The summed E-state index contributed by atoms with van der Waals surface area (Å²) >= 11 is 7.29. The molecule has 75 valence electrons. The molecule has 0 aromatic carbocycles. The van der Waals surface area contributed by atoms with Crippen molar-refractivity contribution in [2.24, 2.45) is 0 Å². The van der Waals surface area contributed by atoms with Gasteiger partial charge in [-0.05, 0) is 30.8 Å². The Balaban J connectivity index is 2.26. The summed E-state index contributed by atoms with van der Waals surface area (Å²) in [6.07, 6.45) is 3.29. The van der Waals surface area contributed by atoms with Gasteiger partial charge in [-0.3, -0.25) is 0 Å². The van der Waals surface area contributed by atoms with Crippen LogP contribution in [0.4, 0.5) is 0 Å². The van der Waals surface area contributed by atoms with Gasteiger partial charge in [-0.25, -0.2) is 15.0 Å². The summed E-state index contributed by atoms with van der Waals surface area (Å²) in [4.78, 5) is 12.5. The molecule has 0 aliphatic heterocycles. The van der Waals surface area contributed by atoms with Gasteiger partial charge in [0.05, 0.1) is 5.02 Å². The maximum absolute atomic E-state index is 5.94. The maximum atomic E-state index is 5.94. The van der Waals surface area contributed by atoms with E-state index in [4.69, 9.17) is 11.6 Å². The SMILES string of the molecule is Cc1ccnc(Sc2nc[c]cc2Cl)n1. The minimum absolute atomic E-state index is 0.563. The van der Waals surface area contributed by atoms with Crippen LogP contribution in [0, 0.1) is 13.0 Å². The number of nitrogens with zero attached hydrogens (tertiary/aromatic N) is 3. The van der Waals surface area contributed by atoms with Crippen LogP contribution >= 0.6 is 23.4 Å². The summed E-state index contributed by atoms with van der Waals surface area (Å²) in [5.74, 6) is 0. The van der Waals surface area contributed by atoms with Gasteiger partial charge in [0, 0.05) is 24.2 Å². The summed E-state index contributed by atoms with van der Waals surface area (Å²) in [6, 6.07) is 6.32. The molecule has 2 heterocycles. The first-order valence-electron chi connectivity index (χ1n) is 4.25. The Hall–Kier alpha value is -1.13. The van der Waals surface area contributed by atoms with E-state index in [-0.39, 0.29) is 0 Å². The molecule has 0 bridgehead atoms. The van der Waals surface area contributed by atoms with Crippen LogP contribution in [0.3, 0.4) is 0 Å². The van der Waals surface area contributed by atoms with Gasteiger partial charge in [-0.15, -0.1) is 0 Å². The van der Waals surface area contributed by atoms with Crippen LogP contribution in [0.25, 0.3) is 0 Å². The normalized spacial score (nSPS) is 10.3. The predicted octanol–water partition coefficient (Wildman–Crippen LogP) is 2.78. The molecule has 0 saturated heterocycles. The third-order valence-electron chi connectivity index (χ3n) is 1.63. The zero-order valence-electron chi connectivity index (χ0n) is 7.94. The Bertz CT molecular complexity index is 476. The summed E-state index contributed by atoms with van der Waals surface area (Å²) in [6.45, 7) is 1.92. The highest BCUT2D eigenvalue weighted by molar-refractivity contribution is 7.99. The molecule has 0 unspecified atom stereocenters. The van der Waals surface area contributed by atoms with Crippen molar-refractivity contribution in [2.45, 2.75) is 17.1 Å². The fraction of sp³-hybridized carbons (Fsp3) is 0.100. The number of hydrogen-bond acceptors (Lipinski definition) is 4. The van der Waals surface area contributed by atoms with Crippen molar-refractivity contribution < 1.29 is 0 Å². The van der Waals surface area contributed by atoms with E-state index in [1.165, 1.54) is 11.8 Å². The van der Waals surface area contributed by atoms with E-state index in [9.17, 15) is 0 Å². The van der Waals surface area contributed by atoms with Crippen LogP contribution in [-0.4, -0.2) is 15.0 Å². The van der Waals surface area contributed by atoms with Gasteiger partial charge in [0.25, 0.3) is 0 Å². The first-order chi connectivity index (χ1) is 7.25. The molecule has 1 radical (unpaired) electrons. The molecule has 0 amide bonds. The minimum atomic E-state index is 0.563. The van der Waals surface area contributed by atoms with Gasteiger partial charge in [0.15, 0.2) is 5.16 Å². The second kappa shape index (κ2) is 4.59. The Morgan fingerprint density at radius 3 is 3.00 bits per heavy atom. The van der Waals surface area contributed by atoms with Crippen molar-refractivity contribution in [2.75, 3.05) is 0 Å². The fourth-order valence-electron chi connectivity index (χ4n) is 0.966. The molecule has 2 rings (SSSR count). The van der Waals surface area contributed by atoms with Gasteiger partial charge < -0.3 is 0 Å². The van der Waals surface area contributed by atoms with E-state index in [0.717, 1.165) is 5.69 Å². The molecule has 3 nitrogen and oxygen atoms in total. The summed E-state index contributed by atoms with van der Waals surface area (Å²) < 4.78 is 0. The van der Waals surface area contributed by atoms with E-state index >= 15 is 0 Å². The van der Waals surface area contributed by atoms with E-state index in [2.05, 4.69) is 21.0 Å². The fourth-order valence-corrected chi connectivity index (χ4v) is 1.93. The van der Waals surface area contributed by atoms with E-state index in [1.807, 2.05) is 13.0 Å². The Kier molecular flexibility index (Phi) is 3.18. The number of aromatic nitrogens is 3. The van der Waals surface area contributed by atoms with E-state index < -0.39 is 0 Å². The van der Waals surface area contributed by atoms with Gasteiger partial charge in [-0.1, -0.05) is 11.6 Å². The molecule has 2 aromatic heterocycles. The third kappa shape index (κ3) is 2.67. The van der Waals surface area contributed by atoms with Gasteiger partial charge in [-0.2, -0.15) is 0 Å². The topological polar surface area (TPSA) is 38.7 Å². The van der Waals surface area contributed by atoms with E-state index in [1.54, 1.807) is 18.5 Å². The lowest BCUT2D eigenvalue weighted by atomic mass is 10.5. The average Bonchev–Trinajstić information content (AvgIpc) is 2.22. The van der Waals surface area contributed by atoms with Gasteiger partial charge in [0.2, 0.25) is 0 Å². The molecule has 5 heteroatoms. The molecule has 15 heavy (non-hydrogen) atoms. The Labute approximate surface area is 96.9 Å². The molecule has 0 aliphatic rings. The van der Waals surface area contributed by atoms with Crippen LogP contribution in [-0.2, 0) is 0 Å². The second-order valence-corrected chi connectivity index (χ2v) is 4.17. The molecule has 2 aromatic rings. The molecular weight excluding hydrogens is 230 g/mol. The lowest BCUT2D eigenvalue weighted by molar-refractivity contribution is 0.927. The molecule has 0 aliphatic carbocycles. The van der Waals surface area contributed by atoms with Crippen LogP contribution in [0.1, 0.15) is 5.69 Å². The van der Waals surface area contributed by atoms with Crippen LogP contribution in [0.15, 0.2) is 34.7 Å². The predicted molar refractivity (Wildman–Crippen MR) is 59.0 cm³/mol. The summed E-state index contributed by atoms with van der Waals surface area (Å²) in [5, 5.41) is 1.91. The molecule has 0 fully saturated rings. The molecule has 0 N–H and O–H groups in total. The van der Waals surface area contributed by atoms with Crippen molar-refractivity contribution in [1.82, 2.24) is 15.0 Å². The van der Waals surface area contributed by atoms with Crippen LogP contribution < -0.4 is 0 Å². The average molecular weight is 237 g/mol. The lowest BCUT2D eigenvalue weighted by Gasteiger charge is -2.01. The maximum Gasteiger partial charge on any atom is 0.194 e. The third-order valence-corrected chi connectivity index (χ3v) is 2.93. The number of rotatable bonds is 2. The summed E-state index contributed by atoms with van der Waals surface area (Å²) in [5.41, 5.74) is 0.922. The van der Waals surface area contributed by atoms with Crippen LogP contribution in [0.2, 0.25) is 5.02 Å². The summed E-state index contributed by atoms with van der Waals surface area (Å²) in [7, 11) is 0. The van der Waals surface area contributed by atoms with Gasteiger partial charge in [0.1, 0.15) is 5.03 Å². The van der Waals surface area contributed by atoms with Gasteiger partial charge >= 0.3 is 0 Å². The first-order valence-corrected chi connectivity index (χ1v) is 5.44. The highest BCUT2D eigenvalue weighted by Crippen LogP contribution is 2.28. The highest BCUT2D eigenvalue weighted by atomic mass is 35.5. The zero-order chi connectivity index (χ0) is 10.7.